The highest BCUT2D eigenvalue weighted by molar-refractivity contribution is 5.80. The molecule has 2 unspecified atom stereocenters. The summed E-state index contributed by atoms with van der Waals surface area (Å²) in [6, 6.07) is 0. The van der Waals surface area contributed by atoms with Gasteiger partial charge in [0.15, 0.2) is 0 Å². The summed E-state index contributed by atoms with van der Waals surface area (Å²) in [6.45, 7) is 3.73. The molecular formula is C12H22O2. The first kappa shape index (κ1) is 11.7. The summed E-state index contributed by atoms with van der Waals surface area (Å²) >= 11 is 0. The Hall–Kier alpha value is -0.370. The Balaban J connectivity index is 2.45. The Bertz CT molecular complexity index is 183. The average molecular weight is 198 g/mol. The summed E-state index contributed by atoms with van der Waals surface area (Å²) in [5.41, 5.74) is 0. The van der Waals surface area contributed by atoms with Crippen molar-refractivity contribution in [3.8, 4) is 0 Å². The fourth-order valence-electron chi connectivity index (χ4n) is 2.40. The number of rotatable bonds is 4. The van der Waals surface area contributed by atoms with Crippen LogP contribution in [0, 0.1) is 11.8 Å². The highest BCUT2D eigenvalue weighted by Crippen LogP contribution is 2.29. The van der Waals surface area contributed by atoms with E-state index in [2.05, 4.69) is 0 Å². The van der Waals surface area contributed by atoms with Crippen LogP contribution in [0.4, 0.5) is 0 Å². The second kappa shape index (κ2) is 5.50. The zero-order valence-electron chi connectivity index (χ0n) is 9.33. The van der Waals surface area contributed by atoms with Gasteiger partial charge >= 0.3 is 0 Å². The molecule has 0 bridgehead atoms. The number of Topliss-reactive ketones (excluding diaryl/α,β-unsaturated/α-hetero) is 1. The van der Waals surface area contributed by atoms with Crippen molar-refractivity contribution >= 4 is 5.78 Å². The summed E-state index contributed by atoms with van der Waals surface area (Å²) in [7, 11) is 0. The lowest BCUT2D eigenvalue weighted by atomic mass is 9.79. The van der Waals surface area contributed by atoms with Crippen molar-refractivity contribution in [2.75, 3.05) is 0 Å². The molecule has 0 aromatic heterocycles. The van der Waals surface area contributed by atoms with Gasteiger partial charge < -0.3 is 5.11 Å². The molecule has 1 saturated carbocycles. The van der Waals surface area contributed by atoms with Crippen LogP contribution < -0.4 is 0 Å². The average Bonchev–Trinajstić information content (AvgIpc) is 2.27. The van der Waals surface area contributed by atoms with Crippen molar-refractivity contribution in [1.82, 2.24) is 0 Å². The van der Waals surface area contributed by atoms with Crippen LogP contribution in [0.3, 0.4) is 0 Å². The van der Waals surface area contributed by atoms with E-state index in [1.165, 1.54) is 19.3 Å². The van der Waals surface area contributed by atoms with Crippen LogP contribution in [0.1, 0.15) is 52.4 Å². The van der Waals surface area contributed by atoms with E-state index in [1.807, 2.05) is 13.8 Å². The van der Waals surface area contributed by atoms with E-state index in [4.69, 9.17) is 0 Å². The quantitative estimate of drug-likeness (QED) is 0.753. The number of carbonyl (C=O) groups is 1. The Morgan fingerprint density at radius 3 is 2.43 bits per heavy atom. The Kier molecular flexibility index (Phi) is 4.59. The first-order chi connectivity index (χ1) is 6.66. The fourth-order valence-corrected chi connectivity index (χ4v) is 2.40. The molecule has 1 fully saturated rings. The van der Waals surface area contributed by atoms with Crippen LogP contribution in [0.2, 0.25) is 0 Å². The Morgan fingerprint density at radius 1 is 1.36 bits per heavy atom. The van der Waals surface area contributed by atoms with Gasteiger partial charge in [0.25, 0.3) is 0 Å². The molecule has 2 heteroatoms. The molecule has 0 saturated heterocycles. The van der Waals surface area contributed by atoms with E-state index in [0.29, 0.717) is 12.3 Å². The summed E-state index contributed by atoms with van der Waals surface area (Å²) < 4.78 is 0. The highest BCUT2D eigenvalue weighted by atomic mass is 16.3. The Morgan fingerprint density at radius 2 is 1.93 bits per heavy atom. The van der Waals surface area contributed by atoms with Gasteiger partial charge in [0, 0.05) is 12.3 Å². The maximum absolute atomic E-state index is 11.4. The Labute approximate surface area is 86.7 Å². The molecular weight excluding hydrogens is 176 g/mol. The molecule has 0 aromatic carbocycles. The summed E-state index contributed by atoms with van der Waals surface area (Å²) in [5, 5.41) is 10.0. The topological polar surface area (TPSA) is 37.3 Å². The van der Waals surface area contributed by atoms with Gasteiger partial charge in [-0.15, -0.1) is 0 Å². The lowest BCUT2D eigenvalue weighted by Crippen LogP contribution is -2.33. The van der Waals surface area contributed by atoms with Gasteiger partial charge in [-0.25, -0.2) is 0 Å². The zero-order valence-corrected chi connectivity index (χ0v) is 9.33. The minimum absolute atomic E-state index is 0.164. The van der Waals surface area contributed by atoms with Crippen molar-refractivity contribution < 1.29 is 9.90 Å². The predicted molar refractivity (Wildman–Crippen MR) is 57.0 cm³/mol. The largest absolute Gasteiger partial charge is 0.392 e. The lowest BCUT2D eigenvalue weighted by Gasteiger charge is -2.29. The number of hydrogen-bond acceptors (Lipinski definition) is 2. The molecule has 0 amide bonds. The van der Waals surface area contributed by atoms with Crippen LogP contribution in [-0.2, 0) is 4.79 Å². The highest BCUT2D eigenvalue weighted by Gasteiger charge is 2.29. The lowest BCUT2D eigenvalue weighted by molar-refractivity contribution is -0.127. The third-order valence-electron chi connectivity index (χ3n) is 3.50. The summed E-state index contributed by atoms with van der Waals surface area (Å²) in [4.78, 5) is 11.4. The fraction of sp³-hybridized carbons (Fsp3) is 0.917. The van der Waals surface area contributed by atoms with Crippen LogP contribution in [-0.4, -0.2) is 17.0 Å². The summed E-state index contributed by atoms with van der Waals surface area (Å²) in [6.07, 6.45) is 6.07. The van der Waals surface area contributed by atoms with Gasteiger partial charge in [-0.3, -0.25) is 4.79 Å². The first-order valence-corrected chi connectivity index (χ1v) is 5.87. The van der Waals surface area contributed by atoms with Gasteiger partial charge in [0.1, 0.15) is 5.78 Å². The minimum atomic E-state index is -0.400. The summed E-state index contributed by atoms with van der Waals surface area (Å²) in [5.74, 6) is 0.403. The van der Waals surface area contributed by atoms with Gasteiger partial charge in [-0.2, -0.15) is 0 Å². The molecule has 0 aliphatic heterocycles. The van der Waals surface area contributed by atoms with Crippen LogP contribution in [0.5, 0.6) is 0 Å². The second-order valence-corrected chi connectivity index (χ2v) is 4.50. The van der Waals surface area contributed by atoms with Crippen molar-refractivity contribution in [2.45, 2.75) is 58.5 Å². The van der Waals surface area contributed by atoms with E-state index >= 15 is 0 Å². The van der Waals surface area contributed by atoms with E-state index in [1.54, 1.807) is 0 Å². The van der Waals surface area contributed by atoms with Crippen molar-refractivity contribution in [1.29, 1.82) is 0 Å². The number of hydrogen-bond donors (Lipinski definition) is 1. The molecule has 1 N–H and O–H groups in total. The van der Waals surface area contributed by atoms with E-state index in [0.717, 1.165) is 12.8 Å². The third-order valence-corrected chi connectivity index (χ3v) is 3.50. The normalized spacial score (nSPS) is 23.1. The molecule has 1 aliphatic carbocycles. The molecule has 0 spiro atoms. The second-order valence-electron chi connectivity index (χ2n) is 4.50. The first-order valence-electron chi connectivity index (χ1n) is 5.87. The van der Waals surface area contributed by atoms with Gasteiger partial charge in [-0.05, 0) is 18.8 Å². The molecule has 1 aliphatic rings. The monoisotopic (exact) mass is 198 g/mol. The zero-order chi connectivity index (χ0) is 10.6. The van der Waals surface area contributed by atoms with E-state index in [-0.39, 0.29) is 11.7 Å². The molecule has 0 heterocycles. The molecule has 2 atom stereocenters. The maximum atomic E-state index is 11.4. The molecule has 0 aromatic rings. The van der Waals surface area contributed by atoms with Crippen LogP contribution >= 0.6 is 0 Å². The van der Waals surface area contributed by atoms with Crippen molar-refractivity contribution in [3.63, 3.8) is 0 Å². The SMILES string of the molecule is CCC(=O)C(C)C(O)C1CCCCC1. The van der Waals surface area contributed by atoms with E-state index in [9.17, 15) is 9.90 Å². The van der Waals surface area contributed by atoms with Gasteiger partial charge in [0.2, 0.25) is 0 Å². The van der Waals surface area contributed by atoms with Crippen molar-refractivity contribution in [3.05, 3.63) is 0 Å². The number of aliphatic hydroxyl groups is 1. The number of ketones is 1. The molecule has 2 nitrogen and oxygen atoms in total. The van der Waals surface area contributed by atoms with Gasteiger partial charge in [-0.1, -0.05) is 33.1 Å². The standard InChI is InChI=1S/C12H22O2/c1-3-11(13)9(2)12(14)10-7-5-4-6-8-10/h9-10,12,14H,3-8H2,1-2H3. The molecule has 14 heavy (non-hydrogen) atoms. The molecule has 1 rings (SSSR count). The van der Waals surface area contributed by atoms with Gasteiger partial charge in [0.05, 0.1) is 6.10 Å². The van der Waals surface area contributed by atoms with Crippen LogP contribution in [0.25, 0.3) is 0 Å². The smallest absolute Gasteiger partial charge is 0.138 e. The molecule has 0 radical (unpaired) electrons. The van der Waals surface area contributed by atoms with E-state index < -0.39 is 6.10 Å². The van der Waals surface area contributed by atoms with Crippen molar-refractivity contribution in [2.24, 2.45) is 11.8 Å². The molecule has 82 valence electrons. The predicted octanol–water partition coefficient (Wildman–Crippen LogP) is 2.54. The number of carbonyl (C=O) groups excluding carboxylic acids is 1. The minimum Gasteiger partial charge on any atom is -0.392 e. The maximum Gasteiger partial charge on any atom is 0.138 e. The number of aliphatic hydroxyl groups excluding tert-OH is 1. The third kappa shape index (κ3) is 2.81. The van der Waals surface area contributed by atoms with Crippen LogP contribution in [0.15, 0.2) is 0 Å².